The van der Waals surface area contributed by atoms with Gasteiger partial charge in [0, 0.05) is 11.8 Å². The third-order valence-electron chi connectivity index (χ3n) is 2.51. The molecule has 7 nitrogen and oxygen atoms in total. The highest BCUT2D eigenvalue weighted by atomic mass is 16.5. The first kappa shape index (κ1) is 14.3. The van der Waals surface area contributed by atoms with Gasteiger partial charge in [0.2, 0.25) is 11.8 Å². The van der Waals surface area contributed by atoms with Crippen LogP contribution < -0.4 is 10.6 Å². The van der Waals surface area contributed by atoms with Gasteiger partial charge in [-0.25, -0.2) is 0 Å². The molecular weight excluding hydrogens is 272 g/mol. The van der Waals surface area contributed by atoms with E-state index < -0.39 is 11.8 Å². The van der Waals surface area contributed by atoms with Gasteiger partial charge >= 0.3 is 0 Å². The second-order valence-electron chi connectivity index (χ2n) is 4.29. The quantitative estimate of drug-likeness (QED) is 0.832. The first-order valence-corrected chi connectivity index (χ1v) is 6.10. The zero-order valence-corrected chi connectivity index (χ0v) is 11.2. The van der Waals surface area contributed by atoms with Gasteiger partial charge in [-0.1, -0.05) is 5.16 Å². The van der Waals surface area contributed by atoms with E-state index in [9.17, 15) is 9.59 Å². The van der Waals surface area contributed by atoms with Gasteiger partial charge in [-0.3, -0.25) is 9.59 Å². The summed E-state index contributed by atoms with van der Waals surface area (Å²) in [7, 11) is 0. The van der Waals surface area contributed by atoms with E-state index in [1.54, 1.807) is 37.3 Å². The molecule has 1 aromatic carbocycles. The van der Waals surface area contributed by atoms with Gasteiger partial charge in [0.15, 0.2) is 5.82 Å². The molecule has 2 rings (SSSR count). The standard InChI is InChI=1S/C14H12N4O3/c1-9-6-12(18-21-9)17-14(20)7-13(19)16-11-4-2-10(8-15)3-5-11/h2-6H,7H2,1H3,(H,16,19)(H,17,18,20). The van der Waals surface area contributed by atoms with Crippen LogP contribution in [0.3, 0.4) is 0 Å². The maximum absolute atomic E-state index is 11.7. The molecule has 0 aliphatic carbocycles. The van der Waals surface area contributed by atoms with Crippen molar-refractivity contribution in [3.63, 3.8) is 0 Å². The molecule has 0 aliphatic heterocycles. The van der Waals surface area contributed by atoms with Crippen LogP contribution >= 0.6 is 0 Å². The Kier molecular flexibility index (Phi) is 4.31. The number of nitrogens with one attached hydrogen (secondary N) is 2. The molecule has 7 heteroatoms. The predicted octanol–water partition coefficient (Wildman–Crippen LogP) is 1.82. The largest absolute Gasteiger partial charge is 0.360 e. The van der Waals surface area contributed by atoms with Gasteiger partial charge in [0.25, 0.3) is 0 Å². The van der Waals surface area contributed by atoms with E-state index in [1.165, 1.54) is 0 Å². The lowest BCUT2D eigenvalue weighted by molar-refractivity contribution is -0.123. The van der Waals surface area contributed by atoms with Crippen LogP contribution in [-0.2, 0) is 9.59 Å². The smallest absolute Gasteiger partial charge is 0.235 e. The minimum absolute atomic E-state index is 0.267. The fourth-order valence-corrected chi connectivity index (χ4v) is 1.59. The lowest BCUT2D eigenvalue weighted by Gasteiger charge is -2.04. The minimum atomic E-state index is -0.491. The molecular formula is C14H12N4O3. The molecule has 21 heavy (non-hydrogen) atoms. The number of carbonyl (C=O) groups excluding carboxylic acids is 2. The Bertz CT molecular complexity index is 698. The van der Waals surface area contributed by atoms with E-state index in [4.69, 9.17) is 9.78 Å². The number of aryl methyl sites for hydroxylation is 1. The minimum Gasteiger partial charge on any atom is -0.360 e. The van der Waals surface area contributed by atoms with E-state index in [2.05, 4.69) is 15.8 Å². The molecule has 106 valence electrons. The normalized spacial score (nSPS) is 9.71. The zero-order chi connectivity index (χ0) is 15.2. The molecule has 0 aliphatic rings. The average molecular weight is 284 g/mol. The highest BCUT2D eigenvalue weighted by Gasteiger charge is 2.11. The third kappa shape index (κ3) is 4.18. The Morgan fingerprint density at radius 3 is 2.48 bits per heavy atom. The third-order valence-corrected chi connectivity index (χ3v) is 2.51. The van der Waals surface area contributed by atoms with Gasteiger partial charge < -0.3 is 15.2 Å². The van der Waals surface area contributed by atoms with Crippen LogP contribution in [0.4, 0.5) is 11.5 Å². The highest BCUT2D eigenvalue weighted by molar-refractivity contribution is 6.07. The molecule has 0 spiro atoms. The lowest BCUT2D eigenvalue weighted by Crippen LogP contribution is -2.21. The van der Waals surface area contributed by atoms with Crippen LogP contribution in [0.2, 0.25) is 0 Å². The van der Waals surface area contributed by atoms with Crippen molar-refractivity contribution in [3.8, 4) is 6.07 Å². The number of nitriles is 1. The van der Waals surface area contributed by atoms with Crippen molar-refractivity contribution in [1.82, 2.24) is 5.16 Å². The summed E-state index contributed by atoms with van der Waals surface area (Å²) >= 11 is 0. The van der Waals surface area contributed by atoms with Crippen molar-refractivity contribution in [2.45, 2.75) is 13.3 Å². The van der Waals surface area contributed by atoms with Crippen LogP contribution in [0.25, 0.3) is 0 Å². The summed E-state index contributed by atoms with van der Waals surface area (Å²) in [6.45, 7) is 1.69. The summed E-state index contributed by atoms with van der Waals surface area (Å²) in [6, 6.07) is 9.87. The molecule has 1 heterocycles. The molecule has 0 fully saturated rings. The predicted molar refractivity (Wildman–Crippen MR) is 74.3 cm³/mol. The van der Waals surface area contributed by atoms with Crippen molar-refractivity contribution < 1.29 is 14.1 Å². The van der Waals surface area contributed by atoms with Crippen molar-refractivity contribution >= 4 is 23.3 Å². The van der Waals surface area contributed by atoms with Crippen molar-refractivity contribution in [1.29, 1.82) is 5.26 Å². The maximum atomic E-state index is 11.7. The molecule has 1 aromatic heterocycles. The summed E-state index contributed by atoms with van der Waals surface area (Å²) in [5.74, 6) is -0.122. The van der Waals surface area contributed by atoms with Gasteiger partial charge in [0.1, 0.15) is 12.2 Å². The van der Waals surface area contributed by atoms with Crippen LogP contribution in [0.5, 0.6) is 0 Å². The summed E-state index contributed by atoms with van der Waals surface area (Å²) < 4.78 is 4.80. The van der Waals surface area contributed by atoms with E-state index in [0.717, 1.165) is 0 Å². The molecule has 2 amide bonds. The molecule has 0 saturated carbocycles. The summed E-state index contributed by atoms with van der Waals surface area (Å²) in [4.78, 5) is 23.3. The van der Waals surface area contributed by atoms with Crippen molar-refractivity contribution in [2.75, 3.05) is 10.6 Å². The van der Waals surface area contributed by atoms with Crippen LogP contribution in [0.15, 0.2) is 34.9 Å². The van der Waals surface area contributed by atoms with E-state index in [1.807, 2.05) is 6.07 Å². The first-order valence-electron chi connectivity index (χ1n) is 6.10. The Morgan fingerprint density at radius 1 is 1.24 bits per heavy atom. The number of hydrogen-bond donors (Lipinski definition) is 2. The lowest BCUT2D eigenvalue weighted by atomic mass is 10.2. The summed E-state index contributed by atoms with van der Waals surface area (Å²) in [5, 5.41) is 17.3. The van der Waals surface area contributed by atoms with E-state index in [-0.39, 0.29) is 12.2 Å². The second kappa shape index (κ2) is 6.34. The van der Waals surface area contributed by atoms with Crippen molar-refractivity contribution in [3.05, 3.63) is 41.7 Å². The summed E-state index contributed by atoms with van der Waals surface area (Å²) in [6.07, 6.45) is -0.341. The van der Waals surface area contributed by atoms with Gasteiger partial charge in [-0.05, 0) is 31.2 Å². The fourth-order valence-electron chi connectivity index (χ4n) is 1.59. The van der Waals surface area contributed by atoms with Crippen LogP contribution in [0.1, 0.15) is 17.7 Å². The number of benzene rings is 1. The zero-order valence-electron chi connectivity index (χ0n) is 11.2. The Hall–Kier alpha value is -3.14. The molecule has 2 N–H and O–H groups in total. The van der Waals surface area contributed by atoms with E-state index >= 15 is 0 Å². The number of aromatic nitrogens is 1. The number of rotatable bonds is 4. The van der Waals surface area contributed by atoms with Crippen molar-refractivity contribution in [2.24, 2.45) is 0 Å². The number of amides is 2. The second-order valence-corrected chi connectivity index (χ2v) is 4.29. The topological polar surface area (TPSA) is 108 Å². The first-order chi connectivity index (χ1) is 10.1. The SMILES string of the molecule is Cc1cc(NC(=O)CC(=O)Nc2ccc(C#N)cc2)no1. The number of anilines is 2. The molecule has 0 unspecified atom stereocenters. The van der Waals surface area contributed by atoms with Crippen LogP contribution in [0, 0.1) is 18.3 Å². The molecule has 0 bridgehead atoms. The number of hydrogen-bond acceptors (Lipinski definition) is 5. The Balaban J connectivity index is 1.86. The number of carbonyl (C=O) groups is 2. The monoisotopic (exact) mass is 284 g/mol. The van der Waals surface area contributed by atoms with Gasteiger partial charge in [-0.2, -0.15) is 5.26 Å². The molecule has 0 saturated heterocycles. The van der Waals surface area contributed by atoms with E-state index in [0.29, 0.717) is 17.0 Å². The molecule has 0 atom stereocenters. The van der Waals surface area contributed by atoms with Gasteiger partial charge in [0.05, 0.1) is 11.6 Å². The maximum Gasteiger partial charge on any atom is 0.235 e. The van der Waals surface area contributed by atoms with Crippen LogP contribution in [-0.4, -0.2) is 17.0 Å². The highest BCUT2D eigenvalue weighted by Crippen LogP contribution is 2.10. The number of nitrogens with zero attached hydrogens (tertiary/aromatic N) is 2. The Morgan fingerprint density at radius 2 is 1.90 bits per heavy atom. The van der Waals surface area contributed by atoms with Gasteiger partial charge in [-0.15, -0.1) is 0 Å². The molecule has 0 radical (unpaired) electrons. The fraction of sp³-hybridized carbons (Fsp3) is 0.143. The Labute approximate surface area is 120 Å². The average Bonchev–Trinajstić information content (AvgIpc) is 2.84. The summed E-state index contributed by atoms with van der Waals surface area (Å²) in [5.41, 5.74) is 1.01. The molecule has 2 aromatic rings.